The highest BCUT2D eigenvalue weighted by Gasteiger charge is 2.28. The number of pyridine rings is 1. The van der Waals surface area contributed by atoms with Gasteiger partial charge in [-0.15, -0.1) is 5.10 Å². The van der Waals surface area contributed by atoms with Crippen LogP contribution in [0.1, 0.15) is 49.4 Å². The van der Waals surface area contributed by atoms with E-state index < -0.39 is 0 Å². The molecule has 36 heavy (non-hydrogen) atoms. The number of fused-ring (bicyclic) bond motifs is 2. The first-order chi connectivity index (χ1) is 17.7. The van der Waals surface area contributed by atoms with Gasteiger partial charge in [0.15, 0.2) is 17.3 Å². The number of aromatic amines is 1. The van der Waals surface area contributed by atoms with Crippen LogP contribution >= 0.6 is 0 Å². The van der Waals surface area contributed by atoms with Crippen molar-refractivity contribution in [2.45, 2.75) is 58.0 Å². The second-order valence-electron chi connectivity index (χ2n) is 9.18. The number of aromatic nitrogens is 5. The molecule has 1 saturated heterocycles. The van der Waals surface area contributed by atoms with Crippen LogP contribution in [0.4, 0.5) is 0 Å². The molecular weight excluding hydrogens is 464 g/mol. The van der Waals surface area contributed by atoms with E-state index in [9.17, 15) is 4.79 Å². The third kappa shape index (κ3) is 4.47. The first-order valence-corrected chi connectivity index (χ1v) is 12.3. The fraction of sp³-hybridized carbons (Fsp3) is 0.440. The third-order valence-electron chi connectivity index (χ3n) is 6.81. The summed E-state index contributed by atoms with van der Waals surface area (Å²) in [6.45, 7) is 4.53. The molecule has 2 atom stereocenters. The highest BCUT2D eigenvalue weighted by atomic mass is 16.7. The summed E-state index contributed by atoms with van der Waals surface area (Å²) in [7, 11) is 0. The molecule has 0 radical (unpaired) electrons. The van der Waals surface area contributed by atoms with Crippen molar-refractivity contribution in [2.24, 2.45) is 0 Å². The summed E-state index contributed by atoms with van der Waals surface area (Å²) in [5.41, 5.74) is 1.18. The predicted octanol–water partition coefficient (Wildman–Crippen LogP) is 3.17. The topological polar surface area (TPSA) is 121 Å². The summed E-state index contributed by atoms with van der Waals surface area (Å²) in [6, 6.07) is 9.26. The van der Waals surface area contributed by atoms with Crippen molar-refractivity contribution < 1.29 is 18.6 Å². The number of ether oxygens (including phenoxy) is 3. The molecule has 1 fully saturated rings. The number of tetrazole rings is 1. The molecule has 6 rings (SSSR count). The number of hydrogen-bond donors (Lipinski definition) is 1. The molecule has 3 aromatic heterocycles. The number of nitrogens with one attached hydrogen (secondary N) is 1. The van der Waals surface area contributed by atoms with E-state index in [2.05, 4.69) is 32.3 Å². The fourth-order valence-corrected chi connectivity index (χ4v) is 5.02. The van der Waals surface area contributed by atoms with Gasteiger partial charge in [-0.2, -0.15) is 0 Å². The molecule has 11 nitrogen and oxygen atoms in total. The number of H-pyrrole nitrogens is 1. The molecule has 0 bridgehead atoms. The first kappa shape index (κ1) is 22.7. The Bertz CT molecular complexity index is 1390. The Morgan fingerprint density at radius 3 is 2.89 bits per heavy atom. The minimum Gasteiger partial charge on any atom is -0.468 e. The van der Waals surface area contributed by atoms with Gasteiger partial charge in [0.2, 0.25) is 6.79 Å². The van der Waals surface area contributed by atoms with Crippen LogP contribution in [0, 0.1) is 0 Å². The average molecular weight is 493 g/mol. The average Bonchev–Trinajstić information content (AvgIpc) is 3.68. The van der Waals surface area contributed by atoms with Crippen LogP contribution in [-0.2, 0) is 24.4 Å². The second kappa shape index (κ2) is 9.75. The third-order valence-corrected chi connectivity index (χ3v) is 6.81. The van der Waals surface area contributed by atoms with Gasteiger partial charge >= 0.3 is 0 Å². The van der Waals surface area contributed by atoms with Crippen molar-refractivity contribution in [1.29, 1.82) is 0 Å². The molecule has 1 aromatic carbocycles. The van der Waals surface area contributed by atoms with Crippen molar-refractivity contribution in [1.82, 2.24) is 30.1 Å². The second-order valence-corrected chi connectivity index (χ2v) is 9.18. The summed E-state index contributed by atoms with van der Waals surface area (Å²) in [5.74, 6) is 2.86. The summed E-state index contributed by atoms with van der Waals surface area (Å²) in [6.07, 6.45) is 4.56. The SMILES string of the molecule is CC[C@@H](c1nnnn1C[C@H]1CCCO1)N(Cc1ccco1)Cc1cc2cc3c(cc2[nH]c1=O)OCO3. The van der Waals surface area contributed by atoms with Gasteiger partial charge in [0.1, 0.15) is 5.76 Å². The zero-order valence-corrected chi connectivity index (χ0v) is 20.1. The van der Waals surface area contributed by atoms with E-state index in [1.165, 1.54) is 0 Å². The van der Waals surface area contributed by atoms with E-state index in [-0.39, 0.29) is 24.5 Å². The molecule has 0 amide bonds. The molecular formula is C25H28N6O5. The van der Waals surface area contributed by atoms with Crippen molar-refractivity contribution in [3.63, 3.8) is 0 Å². The Labute approximate surface area is 206 Å². The molecule has 0 aliphatic carbocycles. The standard InChI is InChI=1S/C25H28N6O5/c1-2-21(24-27-28-29-31(24)14-19-6-4-8-34-19)30(13-18-5-3-7-33-18)12-17-9-16-10-22-23(36-15-35-22)11-20(16)26-25(17)32/h3,5,7,9-11,19,21H,2,4,6,8,12-15H2,1H3,(H,26,32)/t19-,21+/m1/s1. The molecule has 2 aliphatic heterocycles. The lowest BCUT2D eigenvalue weighted by atomic mass is 10.1. The van der Waals surface area contributed by atoms with Gasteiger partial charge in [-0.25, -0.2) is 4.68 Å². The van der Waals surface area contributed by atoms with Crippen LogP contribution in [0.5, 0.6) is 11.5 Å². The maximum Gasteiger partial charge on any atom is 0.252 e. The summed E-state index contributed by atoms with van der Waals surface area (Å²) in [5, 5.41) is 13.5. The minimum absolute atomic E-state index is 0.111. The van der Waals surface area contributed by atoms with E-state index in [4.69, 9.17) is 18.6 Å². The number of benzene rings is 1. The lowest BCUT2D eigenvalue weighted by Crippen LogP contribution is -2.33. The maximum atomic E-state index is 13.1. The lowest BCUT2D eigenvalue weighted by molar-refractivity contribution is 0.0882. The highest BCUT2D eigenvalue weighted by molar-refractivity contribution is 5.83. The summed E-state index contributed by atoms with van der Waals surface area (Å²) >= 11 is 0. The van der Waals surface area contributed by atoms with E-state index >= 15 is 0 Å². The quantitative estimate of drug-likeness (QED) is 0.375. The first-order valence-electron chi connectivity index (χ1n) is 12.3. The fourth-order valence-electron chi connectivity index (χ4n) is 5.02. The smallest absolute Gasteiger partial charge is 0.252 e. The van der Waals surface area contributed by atoms with E-state index in [1.54, 1.807) is 12.3 Å². The van der Waals surface area contributed by atoms with E-state index in [1.807, 2.05) is 28.9 Å². The van der Waals surface area contributed by atoms with Gasteiger partial charge in [0, 0.05) is 30.2 Å². The van der Waals surface area contributed by atoms with Crippen molar-refractivity contribution in [2.75, 3.05) is 13.4 Å². The lowest BCUT2D eigenvalue weighted by Gasteiger charge is -2.29. The van der Waals surface area contributed by atoms with Crippen LogP contribution in [0.25, 0.3) is 10.9 Å². The van der Waals surface area contributed by atoms with Crippen LogP contribution in [0.2, 0.25) is 0 Å². The molecule has 0 unspecified atom stereocenters. The van der Waals surface area contributed by atoms with E-state index in [0.717, 1.165) is 42.8 Å². The Morgan fingerprint density at radius 1 is 1.22 bits per heavy atom. The Balaban J connectivity index is 1.34. The normalized spacial score (nSPS) is 17.9. The zero-order chi connectivity index (χ0) is 24.5. The predicted molar refractivity (Wildman–Crippen MR) is 128 cm³/mol. The van der Waals surface area contributed by atoms with Gasteiger partial charge in [-0.3, -0.25) is 9.69 Å². The van der Waals surface area contributed by atoms with Crippen molar-refractivity contribution in [3.8, 4) is 11.5 Å². The molecule has 1 N–H and O–H groups in total. The molecule has 188 valence electrons. The Kier molecular flexibility index (Phi) is 6.16. The summed E-state index contributed by atoms with van der Waals surface area (Å²) in [4.78, 5) is 18.3. The highest BCUT2D eigenvalue weighted by Crippen LogP contribution is 2.35. The Hall–Kier alpha value is -3.70. The molecule has 2 aliphatic rings. The van der Waals surface area contributed by atoms with Crippen LogP contribution in [0.3, 0.4) is 0 Å². The molecule has 0 spiro atoms. The Morgan fingerprint density at radius 2 is 2.11 bits per heavy atom. The molecule has 4 aromatic rings. The zero-order valence-electron chi connectivity index (χ0n) is 20.1. The van der Waals surface area contributed by atoms with Crippen LogP contribution < -0.4 is 15.0 Å². The number of furan rings is 1. The monoisotopic (exact) mass is 492 g/mol. The van der Waals surface area contributed by atoms with Crippen molar-refractivity contribution in [3.05, 3.63) is 64.1 Å². The minimum atomic E-state index is -0.153. The number of nitrogens with zero attached hydrogens (tertiary/aromatic N) is 5. The number of hydrogen-bond acceptors (Lipinski definition) is 9. The van der Waals surface area contributed by atoms with Crippen LogP contribution in [0.15, 0.2) is 45.8 Å². The summed E-state index contributed by atoms with van der Waals surface area (Å²) < 4.78 is 24.3. The van der Waals surface area contributed by atoms with Gasteiger partial charge in [0.25, 0.3) is 5.56 Å². The van der Waals surface area contributed by atoms with Crippen molar-refractivity contribution >= 4 is 10.9 Å². The van der Waals surface area contributed by atoms with Gasteiger partial charge in [0.05, 0.1) is 37.0 Å². The maximum absolute atomic E-state index is 13.1. The molecule has 5 heterocycles. The van der Waals surface area contributed by atoms with E-state index in [0.29, 0.717) is 42.2 Å². The van der Waals surface area contributed by atoms with Gasteiger partial charge < -0.3 is 23.6 Å². The number of rotatable bonds is 9. The molecule has 0 saturated carbocycles. The van der Waals surface area contributed by atoms with Gasteiger partial charge in [-0.05, 0) is 54.0 Å². The van der Waals surface area contributed by atoms with Gasteiger partial charge in [-0.1, -0.05) is 6.92 Å². The molecule has 11 heteroatoms. The largest absolute Gasteiger partial charge is 0.468 e. The van der Waals surface area contributed by atoms with Crippen LogP contribution in [-0.4, -0.2) is 49.6 Å².